The minimum atomic E-state index is 0.00900. The lowest BCUT2D eigenvalue weighted by molar-refractivity contribution is -0.0643. The number of fused-ring (bicyclic) bond motifs is 3. The van der Waals surface area contributed by atoms with Gasteiger partial charge in [-0.2, -0.15) is 5.10 Å². The molecule has 1 fully saturated rings. The quantitative estimate of drug-likeness (QED) is 0.657. The van der Waals surface area contributed by atoms with E-state index in [1.807, 2.05) is 30.3 Å². The number of ether oxygens (including phenoxy) is 2. The lowest BCUT2D eigenvalue weighted by atomic mass is 9.86. The lowest BCUT2D eigenvalue weighted by Crippen LogP contribution is -2.45. The zero-order valence-electron chi connectivity index (χ0n) is 16.1. The summed E-state index contributed by atoms with van der Waals surface area (Å²) in [5, 5.41) is 8.03. The van der Waals surface area contributed by atoms with Gasteiger partial charge in [-0.1, -0.05) is 30.9 Å². The third-order valence-electron chi connectivity index (χ3n) is 6.26. The maximum Gasteiger partial charge on any atom is 0.190 e. The van der Waals surface area contributed by atoms with Gasteiger partial charge in [0.2, 0.25) is 0 Å². The van der Waals surface area contributed by atoms with E-state index in [4.69, 9.17) is 26.2 Å². The first-order chi connectivity index (χ1) is 13.7. The smallest absolute Gasteiger partial charge is 0.190 e. The average Bonchev–Trinajstić information content (AvgIpc) is 3.20. The molecule has 2 heterocycles. The molecule has 28 heavy (non-hydrogen) atoms. The molecule has 0 amide bonds. The van der Waals surface area contributed by atoms with Crippen molar-refractivity contribution in [1.82, 2.24) is 5.01 Å². The molecule has 0 spiro atoms. The van der Waals surface area contributed by atoms with Gasteiger partial charge in [0, 0.05) is 22.9 Å². The number of methoxy groups -OCH3 is 1. The fourth-order valence-corrected chi connectivity index (χ4v) is 4.96. The molecule has 5 heteroatoms. The number of hydrogen-bond donors (Lipinski definition) is 0. The molecule has 0 bridgehead atoms. The Bertz CT molecular complexity index is 890. The Kier molecular flexibility index (Phi) is 4.67. The van der Waals surface area contributed by atoms with Crippen molar-refractivity contribution in [2.24, 2.45) is 11.0 Å². The van der Waals surface area contributed by atoms with Gasteiger partial charge in [-0.05, 0) is 60.9 Å². The van der Waals surface area contributed by atoms with Crippen LogP contribution in [0.25, 0.3) is 0 Å². The maximum absolute atomic E-state index is 6.50. The Balaban J connectivity index is 1.51. The minimum absolute atomic E-state index is 0.00900. The van der Waals surface area contributed by atoms with Gasteiger partial charge < -0.3 is 9.47 Å². The van der Waals surface area contributed by atoms with Crippen molar-refractivity contribution in [1.29, 1.82) is 0 Å². The van der Waals surface area contributed by atoms with Crippen LogP contribution in [0.2, 0.25) is 5.02 Å². The van der Waals surface area contributed by atoms with E-state index < -0.39 is 0 Å². The molecular formula is C23H25ClN2O2. The van der Waals surface area contributed by atoms with Crippen molar-refractivity contribution in [2.45, 2.75) is 50.8 Å². The standard InChI is InChI=1S/C23H25ClN2O2/c1-27-18-10-7-15(8-11-18)20-14-21-19-13-17(24)9-12-22(19)28-23(26(21)25-20)16-5-3-2-4-6-16/h7-13,16,21,23H,2-6,14H2,1H3/t21-,23+/m0/s1. The lowest BCUT2D eigenvalue weighted by Gasteiger charge is -2.42. The van der Waals surface area contributed by atoms with Crippen LogP contribution in [0.1, 0.15) is 55.7 Å². The highest BCUT2D eigenvalue weighted by molar-refractivity contribution is 6.30. The number of rotatable bonds is 3. The molecule has 1 aliphatic carbocycles. The first kappa shape index (κ1) is 17.9. The van der Waals surface area contributed by atoms with Crippen LogP contribution in [0, 0.1) is 5.92 Å². The van der Waals surface area contributed by atoms with Crippen LogP contribution in [0.3, 0.4) is 0 Å². The predicted octanol–water partition coefficient (Wildman–Crippen LogP) is 5.80. The Labute approximate surface area is 171 Å². The highest BCUT2D eigenvalue weighted by atomic mass is 35.5. The summed E-state index contributed by atoms with van der Waals surface area (Å²) < 4.78 is 11.8. The largest absolute Gasteiger partial charge is 0.497 e. The topological polar surface area (TPSA) is 34.1 Å². The molecule has 146 valence electrons. The fourth-order valence-electron chi connectivity index (χ4n) is 4.77. The van der Waals surface area contributed by atoms with Crippen molar-refractivity contribution >= 4 is 17.3 Å². The maximum atomic E-state index is 6.50. The van der Waals surface area contributed by atoms with E-state index in [0.29, 0.717) is 5.92 Å². The Morgan fingerprint density at radius 1 is 1.07 bits per heavy atom. The normalized spacial score (nSPS) is 24.2. The Morgan fingerprint density at radius 2 is 1.86 bits per heavy atom. The van der Waals surface area contributed by atoms with E-state index in [2.05, 4.69) is 17.1 Å². The molecule has 0 radical (unpaired) electrons. The van der Waals surface area contributed by atoms with Gasteiger partial charge in [-0.3, -0.25) is 0 Å². The molecule has 1 saturated carbocycles. The van der Waals surface area contributed by atoms with E-state index in [1.54, 1.807) is 7.11 Å². The van der Waals surface area contributed by atoms with Crippen LogP contribution in [0.4, 0.5) is 0 Å². The van der Waals surface area contributed by atoms with Gasteiger partial charge in [0.15, 0.2) is 6.23 Å². The second-order valence-corrected chi connectivity index (χ2v) is 8.40. The minimum Gasteiger partial charge on any atom is -0.497 e. The Hall–Kier alpha value is -2.20. The molecule has 2 aromatic carbocycles. The first-order valence-corrected chi connectivity index (χ1v) is 10.6. The highest BCUT2D eigenvalue weighted by Gasteiger charge is 2.43. The summed E-state index contributed by atoms with van der Waals surface area (Å²) in [6.07, 6.45) is 7.20. The molecule has 2 aromatic rings. The van der Waals surface area contributed by atoms with Crippen LogP contribution in [-0.2, 0) is 0 Å². The highest BCUT2D eigenvalue weighted by Crippen LogP contribution is 2.47. The molecule has 0 aromatic heterocycles. The second kappa shape index (κ2) is 7.32. The van der Waals surface area contributed by atoms with Gasteiger partial charge in [-0.15, -0.1) is 0 Å². The fraction of sp³-hybridized carbons (Fsp3) is 0.435. The van der Waals surface area contributed by atoms with Gasteiger partial charge in [0.25, 0.3) is 0 Å². The number of hydrogen-bond acceptors (Lipinski definition) is 4. The van der Waals surface area contributed by atoms with E-state index in [1.165, 1.54) is 32.1 Å². The molecule has 0 unspecified atom stereocenters. The van der Waals surface area contributed by atoms with Gasteiger partial charge in [-0.25, -0.2) is 5.01 Å². The molecule has 0 N–H and O–H groups in total. The number of nitrogens with zero attached hydrogens (tertiary/aromatic N) is 2. The zero-order valence-corrected chi connectivity index (χ0v) is 16.9. The molecule has 4 nitrogen and oxygen atoms in total. The summed E-state index contributed by atoms with van der Waals surface area (Å²) in [4.78, 5) is 0. The molecule has 2 atom stereocenters. The molecular weight excluding hydrogens is 372 g/mol. The van der Waals surface area contributed by atoms with E-state index in [0.717, 1.165) is 39.8 Å². The summed E-state index contributed by atoms with van der Waals surface area (Å²) in [5.74, 6) is 2.35. The van der Waals surface area contributed by atoms with Crippen molar-refractivity contribution in [3.8, 4) is 11.5 Å². The first-order valence-electron chi connectivity index (χ1n) is 10.2. The molecule has 2 aliphatic heterocycles. The van der Waals surface area contributed by atoms with Crippen LogP contribution in [-0.4, -0.2) is 24.1 Å². The van der Waals surface area contributed by atoms with Crippen LogP contribution in [0.5, 0.6) is 11.5 Å². The summed E-state index contributed by atoms with van der Waals surface area (Å²) in [5.41, 5.74) is 3.39. The van der Waals surface area contributed by atoms with E-state index >= 15 is 0 Å². The third kappa shape index (κ3) is 3.14. The number of halogens is 1. The summed E-state index contributed by atoms with van der Waals surface area (Å²) in [6.45, 7) is 0. The number of benzene rings is 2. The molecule has 5 rings (SSSR count). The monoisotopic (exact) mass is 396 g/mol. The average molecular weight is 397 g/mol. The van der Waals surface area contributed by atoms with Crippen LogP contribution >= 0.6 is 11.6 Å². The van der Waals surface area contributed by atoms with Gasteiger partial charge in [0.05, 0.1) is 18.9 Å². The van der Waals surface area contributed by atoms with Crippen LogP contribution in [0.15, 0.2) is 47.6 Å². The summed E-state index contributed by atoms with van der Waals surface area (Å²) in [6, 6.07) is 14.3. The van der Waals surface area contributed by atoms with Gasteiger partial charge in [0.1, 0.15) is 11.5 Å². The SMILES string of the molecule is COc1ccc(C2=NN3[C@@H](C4CCCCC4)Oc4ccc(Cl)cc4[C@@H]3C2)cc1. The Morgan fingerprint density at radius 3 is 2.61 bits per heavy atom. The molecule has 3 aliphatic rings. The van der Waals surface area contributed by atoms with Crippen LogP contribution < -0.4 is 9.47 Å². The third-order valence-corrected chi connectivity index (χ3v) is 6.49. The zero-order chi connectivity index (χ0) is 19.1. The summed E-state index contributed by atoms with van der Waals surface area (Å²) in [7, 11) is 1.69. The summed E-state index contributed by atoms with van der Waals surface area (Å²) >= 11 is 6.31. The predicted molar refractivity (Wildman–Crippen MR) is 111 cm³/mol. The van der Waals surface area contributed by atoms with Crippen molar-refractivity contribution < 1.29 is 9.47 Å². The van der Waals surface area contributed by atoms with Crippen molar-refractivity contribution in [2.75, 3.05) is 7.11 Å². The second-order valence-electron chi connectivity index (χ2n) is 7.96. The van der Waals surface area contributed by atoms with E-state index in [9.17, 15) is 0 Å². The van der Waals surface area contributed by atoms with E-state index in [-0.39, 0.29) is 12.3 Å². The van der Waals surface area contributed by atoms with Crippen molar-refractivity contribution in [3.63, 3.8) is 0 Å². The number of hydrazone groups is 1. The van der Waals surface area contributed by atoms with Crippen molar-refractivity contribution in [3.05, 3.63) is 58.6 Å². The van der Waals surface area contributed by atoms with Gasteiger partial charge >= 0.3 is 0 Å². The molecule has 0 saturated heterocycles.